The van der Waals surface area contributed by atoms with Crippen molar-refractivity contribution >= 4 is 34.4 Å². The Hall–Kier alpha value is -2.07. The summed E-state index contributed by atoms with van der Waals surface area (Å²) >= 11 is 5.93. The molecule has 0 bridgehead atoms. The number of alkyl halides is 1. The predicted octanol–water partition coefficient (Wildman–Crippen LogP) is 3.03. The third-order valence-electron chi connectivity index (χ3n) is 3.65. The summed E-state index contributed by atoms with van der Waals surface area (Å²) in [5.74, 6) is 0.593. The Morgan fingerprint density at radius 1 is 0.773 bits per heavy atom. The molecule has 22 heavy (non-hydrogen) atoms. The zero-order chi connectivity index (χ0) is 15.9. The predicted molar refractivity (Wildman–Crippen MR) is 97.9 cm³/mol. The van der Waals surface area contributed by atoms with Crippen LogP contribution in [0.5, 0.6) is 0 Å². The molecular formula is C17H23ClN4. The highest BCUT2D eigenvalue weighted by Gasteiger charge is 2.08. The largest absolute Gasteiger partial charge is 0.399 e. The second kappa shape index (κ2) is 7.80. The Bertz CT molecular complexity index is 568. The molecule has 4 N–H and O–H groups in total. The maximum atomic E-state index is 5.93. The second-order valence-corrected chi connectivity index (χ2v) is 5.66. The molecule has 2 rings (SSSR count). The van der Waals surface area contributed by atoms with E-state index in [1.165, 1.54) is 0 Å². The first-order valence-corrected chi connectivity index (χ1v) is 7.86. The fourth-order valence-corrected chi connectivity index (χ4v) is 2.49. The van der Waals surface area contributed by atoms with Crippen molar-refractivity contribution in [3.63, 3.8) is 0 Å². The zero-order valence-electron chi connectivity index (χ0n) is 12.9. The summed E-state index contributed by atoms with van der Waals surface area (Å²) in [5.41, 5.74) is 15.3. The van der Waals surface area contributed by atoms with E-state index in [9.17, 15) is 0 Å². The van der Waals surface area contributed by atoms with Gasteiger partial charge in [0.25, 0.3) is 0 Å². The summed E-state index contributed by atoms with van der Waals surface area (Å²) in [4.78, 5) is 4.47. The van der Waals surface area contributed by atoms with Gasteiger partial charge in [-0.05, 0) is 48.5 Å². The van der Waals surface area contributed by atoms with Crippen LogP contribution in [0.4, 0.5) is 22.7 Å². The number of anilines is 4. The summed E-state index contributed by atoms with van der Waals surface area (Å²) in [6, 6.07) is 15.8. The van der Waals surface area contributed by atoms with Crippen LogP contribution in [-0.2, 0) is 0 Å². The van der Waals surface area contributed by atoms with Crippen molar-refractivity contribution in [3.05, 3.63) is 48.5 Å². The minimum Gasteiger partial charge on any atom is -0.399 e. The summed E-state index contributed by atoms with van der Waals surface area (Å²) in [6.07, 6.45) is 0. The SMILES string of the molecule is CN(CCN(CCCl)c1ccc(N)cc1)c1ccc(N)cc1. The molecule has 118 valence electrons. The number of hydrogen-bond donors (Lipinski definition) is 2. The molecule has 0 radical (unpaired) electrons. The van der Waals surface area contributed by atoms with Crippen molar-refractivity contribution in [2.24, 2.45) is 0 Å². The van der Waals surface area contributed by atoms with Crippen LogP contribution in [-0.4, -0.2) is 32.6 Å². The van der Waals surface area contributed by atoms with E-state index < -0.39 is 0 Å². The molecule has 0 saturated heterocycles. The van der Waals surface area contributed by atoms with Gasteiger partial charge < -0.3 is 21.3 Å². The Labute approximate surface area is 137 Å². The first kappa shape index (κ1) is 16.3. The lowest BCUT2D eigenvalue weighted by Gasteiger charge is -2.28. The van der Waals surface area contributed by atoms with Gasteiger partial charge in [0, 0.05) is 55.3 Å². The number of halogens is 1. The number of hydrogen-bond acceptors (Lipinski definition) is 4. The molecule has 0 aromatic heterocycles. The van der Waals surface area contributed by atoms with Crippen LogP contribution in [0.15, 0.2) is 48.5 Å². The minimum absolute atomic E-state index is 0.593. The molecule has 5 heteroatoms. The fourth-order valence-electron chi connectivity index (χ4n) is 2.29. The van der Waals surface area contributed by atoms with E-state index in [0.717, 1.165) is 42.4 Å². The number of rotatable bonds is 7. The third kappa shape index (κ3) is 4.46. The van der Waals surface area contributed by atoms with Crippen LogP contribution >= 0.6 is 11.6 Å². The van der Waals surface area contributed by atoms with Gasteiger partial charge in [0.2, 0.25) is 0 Å². The van der Waals surface area contributed by atoms with Crippen molar-refractivity contribution in [1.82, 2.24) is 0 Å². The standard InChI is InChI=1S/C17H23ClN4/c1-21(16-6-2-14(19)3-7-16)12-13-22(11-10-18)17-8-4-15(20)5-9-17/h2-9H,10-13,19-20H2,1H3. The second-order valence-electron chi connectivity index (χ2n) is 5.28. The summed E-state index contributed by atoms with van der Waals surface area (Å²) in [6.45, 7) is 2.59. The van der Waals surface area contributed by atoms with E-state index in [2.05, 4.69) is 16.8 Å². The normalized spacial score (nSPS) is 10.5. The first-order valence-electron chi connectivity index (χ1n) is 7.33. The van der Waals surface area contributed by atoms with E-state index in [1.807, 2.05) is 48.5 Å². The van der Waals surface area contributed by atoms with E-state index in [4.69, 9.17) is 23.1 Å². The van der Waals surface area contributed by atoms with Gasteiger partial charge in [-0.2, -0.15) is 0 Å². The fraction of sp³-hybridized carbons (Fsp3) is 0.294. The van der Waals surface area contributed by atoms with Gasteiger partial charge in [0.05, 0.1) is 0 Å². The van der Waals surface area contributed by atoms with Gasteiger partial charge in [0.1, 0.15) is 0 Å². The minimum atomic E-state index is 0.593. The van der Waals surface area contributed by atoms with Crippen LogP contribution < -0.4 is 21.3 Å². The van der Waals surface area contributed by atoms with E-state index in [0.29, 0.717) is 5.88 Å². The van der Waals surface area contributed by atoms with Gasteiger partial charge in [-0.15, -0.1) is 11.6 Å². The van der Waals surface area contributed by atoms with Crippen molar-refractivity contribution in [1.29, 1.82) is 0 Å². The number of benzene rings is 2. The molecule has 4 nitrogen and oxygen atoms in total. The molecule has 0 atom stereocenters. The smallest absolute Gasteiger partial charge is 0.0399 e. The molecular weight excluding hydrogens is 296 g/mol. The number of nitrogen functional groups attached to an aromatic ring is 2. The Kier molecular flexibility index (Phi) is 5.78. The molecule has 0 heterocycles. The lowest BCUT2D eigenvalue weighted by Crippen LogP contribution is -2.34. The molecule has 0 aliphatic heterocycles. The van der Waals surface area contributed by atoms with Gasteiger partial charge in [-0.25, -0.2) is 0 Å². The maximum Gasteiger partial charge on any atom is 0.0399 e. The molecule has 2 aromatic rings. The lowest BCUT2D eigenvalue weighted by molar-refractivity contribution is 0.787. The van der Waals surface area contributed by atoms with Crippen molar-refractivity contribution in [2.75, 3.05) is 53.8 Å². The van der Waals surface area contributed by atoms with Gasteiger partial charge >= 0.3 is 0 Å². The molecule has 0 fully saturated rings. The highest BCUT2D eigenvalue weighted by Crippen LogP contribution is 2.18. The zero-order valence-corrected chi connectivity index (χ0v) is 13.6. The highest BCUT2D eigenvalue weighted by atomic mass is 35.5. The van der Waals surface area contributed by atoms with Crippen LogP contribution in [0.2, 0.25) is 0 Å². The quantitative estimate of drug-likeness (QED) is 0.608. The molecule has 0 aliphatic carbocycles. The lowest BCUT2D eigenvalue weighted by atomic mass is 10.2. The number of likely N-dealkylation sites (N-methyl/N-ethyl adjacent to an activating group) is 1. The number of nitrogens with two attached hydrogens (primary N) is 2. The van der Waals surface area contributed by atoms with Gasteiger partial charge in [-0.3, -0.25) is 0 Å². The van der Waals surface area contributed by atoms with Crippen LogP contribution in [0, 0.1) is 0 Å². The molecule has 0 amide bonds. The monoisotopic (exact) mass is 318 g/mol. The molecule has 0 saturated carbocycles. The van der Waals surface area contributed by atoms with Crippen molar-refractivity contribution in [3.8, 4) is 0 Å². The van der Waals surface area contributed by atoms with Gasteiger partial charge in [0.15, 0.2) is 0 Å². The maximum absolute atomic E-state index is 5.93. The Balaban J connectivity index is 1.99. The average molecular weight is 319 g/mol. The summed E-state index contributed by atoms with van der Waals surface area (Å²) in [5, 5.41) is 0. The summed E-state index contributed by atoms with van der Waals surface area (Å²) < 4.78 is 0. The topological polar surface area (TPSA) is 58.5 Å². The van der Waals surface area contributed by atoms with Crippen LogP contribution in [0.1, 0.15) is 0 Å². The van der Waals surface area contributed by atoms with Crippen molar-refractivity contribution in [2.45, 2.75) is 0 Å². The Morgan fingerprint density at radius 3 is 1.77 bits per heavy atom. The summed E-state index contributed by atoms with van der Waals surface area (Å²) in [7, 11) is 2.08. The van der Waals surface area contributed by atoms with Crippen LogP contribution in [0.25, 0.3) is 0 Å². The number of nitrogens with zero attached hydrogens (tertiary/aromatic N) is 2. The van der Waals surface area contributed by atoms with Crippen molar-refractivity contribution < 1.29 is 0 Å². The Morgan fingerprint density at radius 2 is 1.27 bits per heavy atom. The third-order valence-corrected chi connectivity index (χ3v) is 3.82. The molecule has 0 aliphatic rings. The average Bonchev–Trinajstić information content (AvgIpc) is 2.53. The van der Waals surface area contributed by atoms with Crippen LogP contribution in [0.3, 0.4) is 0 Å². The van der Waals surface area contributed by atoms with E-state index in [1.54, 1.807) is 0 Å². The molecule has 2 aromatic carbocycles. The first-order chi connectivity index (χ1) is 10.6. The molecule has 0 spiro atoms. The highest BCUT2D eigenvalue weighted by molar-refractivity contribution is 6.18. The van der Waals surface area contributed by atoms with Gasteiger partial charge in [-0.1, -0.05) is 0 Å². The van der Waals surface area contributed by atoms with E-state index in [-0.39, 0.29) is 0 Å². The van der Waals surface area contributed by atoms with E-state index >= 15 is 0 Å². The molecule has 0 unspecified atom stereocenters.